The molecule has 0 fully saturated rings. The lowest BCUT2D eigenvalue weighted by molar-refractivity contribution is 0.101. The summed E-state index contributed by atoms with van der Waals surface area (Å²) < 4.78 is 0.843. The molecule has 0 aliphatic carbocycles. The Hall–Kier alpha value is -3.03. The van der Waals surface area contributed by atoms with Gasteiger partial charge in [0.15, 0.2) is 5.13 Å². The van der Waals surface area contributed by atoms with Gasteiger partial charge in [-0.25, -0.2) is 4.98 Å². The maximum absolute atomic E-state index is 12.8. The summed E-state index contributed by atoms with van der Waals surface area (Å²) in [4.78, 5) is 29.5. The molecule has 0 saturated heterocycles. The standard InChI is InChI=1S/C22H19N3O2S2/c1-12-8-13(2)19(14(3)9-12)24-20(26)15-4-5-17-18(10-15)29-22(23-17)25-21(27)16-6-7-28-11-16/h4-11H,1-3H3,(H,24,26)(H,23,25,27). The molecule has 0 aliphatic heterocycles. The lowest BCUT2D eigenvalue weighted by atomic mass is 10.0. The molecule has 7 heteroatoms. The average Bonchev–Trinajstić information content (AvgIpc) is 3.33. The fourth-order valence-electron chi connectivity index (χ4n) is 3.25. The van der Waals surface area contributed by atoms with Crippen LogP contribution >= 0.6 is 22.7 Å². The molecular formula is C22H19N3O2S2. The van der Waals surface area contributed by atoms with E-state index in [-0.39, 0.29) is 11.8 Å². The van der Waals surface area contributed by atoms with Gasteiger partial charge in [-0.1, -0.05) is 29.0 Å². The van der Waals surface area contributed by atoms with Crippen LogP contribution in [-0.4, -0.2) is 16.8 Å². The highest BCUT2D eigenvalue weighted by atomic mass is 32.1. The van der Waals surface area contributed by atoms with Crippen molar-refractivity contribution in [1.82, 2.24) is 4.98 Å². The minimum atomic E-state index is -0.186. The number of carbonyl (C=O) groups is 2. The number of hydrogen-bond acceptors (Lipinski definition) is 5. The quantitative estimate of drug-likeness (QED) is 0.438. The van der Waals surface area contributed by atoms with Crippen molar-refractivity contribution in [3.63, 3.8) is 0 Å². The van der Waals surface area contributed by atoms with Gasteiger partial charge in [0.25, 0.3) is 11.8 Å². The molecule has 0 radical (unpaired) electrons. The first-order chi connectivity index (χ1) is 13.9. The van der Waals surface area contributed by atoms with Gasteiger partial charge in [0, 0.05) is 16.6 Å². The Balaban J connectivity index is 1.56. The molecule has 0 saturated carbocycles. The Bertz CT molecular complexity index is 1200. The van der Waals surface area contributed by atoms with Gasteiger partial charge in [0.1, 0.15) is 0 Å². The highest BCUT2D eigenvalue weighted by Crippen LogP contribution is 2.28. The number of rotatable bonds is 4. The normalized spacial score (nSPS) is 10.9. The first kappa shape index (κ1) is 19.3. The van der Waals surface area contributed by atoms with Gasteiger partial charge < -0.3 is 5.32 Å². The number of benzene rings is 2. The van der Waals surface area contributed by atoms with Crippen LogP contribution in [0.2, 0.25) is 0 Å². The Morgan fingerprint density at radius 3 is 2.31 bits per heavy atom. The fraction of sp³-hybridized carbons (Fsp3) is 0.136. The molecule has 2 heterocycles. The third-order valence-corrected chi connectivity index (χ3v) is 6.19. The number of nitrogens with one attached hydrogen (secondary N) is 2. The van der Waals surface area contributed by atoms with Crippen molar-refractivity contribution < 1.29 is 9.59 Å². The summed E-state index contributed by atoms with van der Waals surface area (Å²) in [7, 11) is 0. The van der Waals surface area contributed by atoms with Crippen LogP contribution in [0.1, 0.15) is 37.4 Å². The highest BCUT2D eigenvalue weighted by Gasteiger charge is 2.14. The van der Waals surface area contributed by atoms with E-state index in [0.717, 1.165) is 27.0 Å². The van der Waals surface area contributed by atoms with Crippen LogP contribution in [0.15, 0.2) is 47.2 Å². The number of nitrogens with zero attached hydrogens (tertiary/aromatic N) is 1. The number of aromatic nitrogens is 1. The summed E-state index contributed by atoms with van der Waals surface area (Å²) in [5.41, 5.74) is 5.99. The lowest BCUT2D eigenvalue weighted by Gasteiger charge is -2.12. The summed E-state index contributed by atoms with van der Waals surface area (Å²) in [6, 6.07) is 11.2. The third-order valence-electron chi connectivity index (χ3n) is 4.57. The fourth-order valence-corrected chi connectivity index (χ4v) is 4.78. The summed E-state index contributed by atoms with van der Waals surface area (Å²) in [6.45, 7) is 6.02. The average molecular weight is 422 g/mol. The van der Waals surface area contributed by atoms with Crippen LogP contribution in [0.4, 0.5) is 10.8 Å². The number of anilines is 2. The van der Waals surface area contributed by atoms with Gasteiger partial charge in [-0.2, -0.15) is 11.3 Å². The molecule has 2 N–H and O–H groups in total. The van der Waals surface area contributed by atoms with E-state index in [4.69, 9.17) is 0 Å². The molecule has 2 aromatic carbocycles. The first-order valence-corrected chi connectivity index (χ1v) is 10.8. The van der Waals surface area contributed by atoms with Crippen molar-refractivity contribution in [2.24, 2.45) is 0 Å². The number of carbonyl (C=O) groups excluding carboxylic acids is 2. The summed E-state index contributed by atoms with van der Waals surface area (Å²) in [5.74, 6) is -0.354. The molecule has 2 amide bonds. The lowest BCUT2D eigenvalue weighted by Crippen LogP contribution is -2.13. The topological polar surface area (TPSA) is 71.1 Å². The van der Waals surface area contributed by atoms with E-state index in [1.807, 2.05) is 26.2 Å². The predicted molar refractivity (Wildman–Crippen MR) is 120 cm³/mol. The number of fused-ring (bicyclic) bond motifs is 1. The van der Waals surface area contributed by atoms with Crippen LogP contribution in [0.5, 0.6) is 0 Å². The monoisotopic (exact) mass is 421 g/mol. The molecule has 4 aromatic rings. The van der Waals surface area contributed by atoms with Gasteiger partial charge in [-0.15, -0.1) is 0 Å². The van der Waals surface area contributed by atoms with E-state index in [9.17, 15) is 9.59 Å². The molecule has 0 atom stereocenters. The SMILES string of the molecule is Cc1cc(C)c(NC(=O)c2ccc3nc(NC(=O)c4ccsc4)sc3c2)c(C)c1. The van der Waals surface area contributed by atoms with Gasteiger partial charge in [0.2, 0.25) is 0 Å². The van der Waals surface area contributed by atoms with Crippen molar-refractivity contribution >= 4 is 55.5 Å². The summed E-state index contributed by atoms with van der Waals surface area (Å²) >= 11 is 2.82. The van der Waals surface area contributed by atoms with Crippen LogP contribution in [-0.2, 0) is 0 Å². The van der Waals surface area contributed by atoms with Crippen molar-refractivity contribution in [1.29, 1.82) is 0 Å². The molecule has 0 spiro atoms. The zero-order valence-corrected chi connectivity index (χ0v) is 17.8. The molecule has 146 valence electrons. The second-order valence-corrected chi connectivity index (χ2v) is 8.71. The van der Waals surface area contributed by atoms with E-state index < -0.39 is 0 Å². The van der Waals surface area contributed by atoms with E-state index in [1.165, 1.54) is 28.2 Å². The molecule has 0 unspecified atom stereocenters. The zero-order valence-electron chi connectivity index (χ0n) is 16.2. The number of amides is 2. The number of thiophene rings is 1. The van der Waals surface area contributed by atoms with Crippen LogP contribution in [0.25, 0.3) is 10.2 Å². The van der Waals surface area contributed by atoms with Gasteiger partial charge >= 0.3 is 0 Å². The van der Waals surface area contributed by atoms with Gasteiger partial charge in [-0.05, 0) is 61.5 Å². The minimum Gasteiger partial charge on any atom is -0.322 e. The Labute approximate surface area is 176 Å². The van der Waals surface area contributed by atoms with Gasteiger partial charge in [-0.3, -0.25) is 14.9 Å². The van der Waals surface area contributed by atoms with Crippen LogP contribution in [0.3, 0.4) is 0 Å². The molecular weight excluding hydrogens is 402 g/mol. The molecule has 4 rings (SSSR count). The molecule has 0 bridgehead atoms. The first-order valence-electron chi connectivity index (χ1n) is 9.04. The summed E-state index contributed by atoms with van der Waals surface area (Å²) in [6.07, 6.45) is 0. The second kappa shape index (κ2) is 7.77. The minimum absolute atomic E-state index is 0.167. The van der Waals surface area contributed by atoms with E-state index in [2.05, 4.69) is 27.8 Å². The number of thiazole rings is 1. The maximum atomic E-state index is 12.8. The highest BCUT2D eigenvalue weighted by molar-refractivity contribution is 7.22. The molecule has 5 nitrogen and oxygen atoms in total. The van der Waals surface area contributed by atoms with Crippen LogP contribution < -0.4 is 10.6 Å². The number of aryl methyl sites for hydroxylation is 3. The molecule has 0 aliphatic rings. The largest absolute Gasteiger partial charge is 0.322 e. The van der Waals surface area contributed by atoms with Crippen molar-refractivity contribution in [2.75, 3.05) is 10.6 Å². The third kappa shape index (κ3) is 4.06. The number of hydrogen-bond donors (Lipinski definition) is 2. The predicted octanol–water partition coefficient (Wildman–Crippen LogP) is 5.79. The second-order valence-electron chi connectivity index (χ2n) is 6.90. The molecule has 29 heavy (non-hydrogen) atoms. The Morgan fingerprint density at radius 2 is 1.62 bits per heavy atom. The smallest absolute Gasteiger partial charge is 0.258 e. The van der Waals surface area contributed by atoms with Crippen molar-refractivity contribution in [3.05, 3.63) is 75.0 Å². The summed E-state index contributed by atoms with van der Waals surface area (Å²) in [5, 5.41) is 10.00. The Morgan fingerprint density at radius 1 is 0.897 bits per heavy atom. The van der Waals surface area contributed by atoms with E-state index in [1.54, 1.807) is 29.6 Å². The van der Waals surface area contributed by atoms with Gasteiger partial charge in [0.05, 0.1) is 15.8 Å². The Kier molecular flexibility index (Phi) is 5.17. The maximum Gasteiger partial charge on any atom is 0.258 e. The van der Waals surface area contributed by atoms with E-state index >= 15 is 0 Å². The van der Waals surface area contributed by atoms with Crippen LogP contribution in [0, 0.1) is 20.8 Å². The zero-order chi connectivity index (χ0) is 20.5. The molecule has 2 aromatic heterocycles. The van der Waals surface area contributed by atoms with E-state index in [0.29, 0.717) is 16.3 Å². The van der Waals surface area contributed by atoms with Crippen molar-refractivity contribution in [2.45, 2.75) is 20.8 Å². The van der Waals surface area contributed by atoms with Crippen molar-refractivity contribution in [3.8, 4) is 0 Å².